The minimum Gasteiger partial charge on any atom is -0.326 e. The molecular formula is C9H9F2N3O. The van der Waals surface area contributed by atoms with Gasteiger partial charge in [-0.15, -0.1) is 0 Å². The molecular weight excluding hydrogens is 204 g/mol. The normalized spacial score (nSPS) is 10.3. The van der Waals surface area contributed by atoms with Crippen LogP contribution in [-0.4, -0.2) is 4.98 Å². The summed E-state index contributed by atoms with van der Waals surface area (Å²) in [6.07, 6.45) is -2.89. The number of aromatic amines is 1. The van der Waals surface area contributed by atoms with E-state index in [1.807, 2.05) is 6.07 Å². The zero-order chi connectivity index (χ0) is 11.4. The number of pyridine rings is 1. The Bertz CT molecular complexity index is 448. The van der Waals surface area contributed by atoms with Crippen LogP contribution in [0.4, 0.5) is 8.78 Å². The predicted octanol–water partition coefficient (Wildman–Crippen LogP) is 0.837. The van der Waals surface area contributed by atoms with Crippen molar-refractivity contribution in [1.29, 1.82) is 5.26 Å². The van der Waals surface area contributed by atoms with Crippen molar-refractivity contribution in [3.8, 4) is 6.07 Å². The van der Waals surface area contributed by atoms with Crippen LogP contribution in [0.3, 0.4) is 0 Å². The first-order chi connectivity index (χ1) is 7.10. The van der Waals surface area contributed by atoms with Gasteiger partial charge in [-0.1, -0.05) is 0 Å². The molecule has 15 heavy (non-hydrogen) atoms. The SMILES string of the molecule is N#CCc1cc(CN)c(C(F)F)c(=O)[nH]1. The van der Waals surface area contributed by atoms with E-state index < -0.39 is 17.5 Å². The number of nitriles is 1. The molecule has 1 aromatic rings. The monoisotopic (exact) mass is 213 g/mol. The molecule has 4 nitrogen and oxygen atoms in total. The van der Waals surface area contributed by atoms with Gasteiger partial charge < -0.3 is 10.7 Å². The summed E-state index contributed by atoms with van der Waals surface area (Å²) in [7, 11) is 0. The third kappa shape index (κ3) is 2.39. The number of nitrogens with zero attached hydrogens (tertiary/aromatic N) is 1. The fraction of sp³-hybridized carbons (Fsp3) is 0.333. The molecule has 1 heterocycles. The van der Waals surface area contributed by atoms with Gasteiger partial charge in [-0.2, -0.15) is 5.26 Å². The van der Waals surface area contributed by atoms with E-state index in [1.54, 1.807) is 0 Å². The van der Waals surface area contributed by atoms with Crippen LogP contribution in [-0.2, 0) is 13.0 Å². The number of hydrogen-bond acceptors (Lipinski definition) is 3. The van der Waals surface area contributed by atoms with Gasteiger partial charge in [-0.3, -0.25) is 4.79 Å². The summed E-state index contributed by atoms with van der Waals surface area (Å²) in [5.41, 5.74) is 4.15. The predicted molar refractivity (Wildman–Crippen MR) is 49.2 cm³/mol. The lowest BCUT2D eigenvalue weighted by Gasteiger charge is -2.07. The summed E-state index contributed by atoms with van der Waals surface area (Å²) in [5.74, 6) is 0. The molecule has 1 rings (SSSR count). The van der Waals surface area contributed by atoms with Gasteiger partial charge in [0, 0.05) is 12.2 Å². The summed E-state index contributed by atoms with van der Waals surface area (Å²) in [5, 5.41) is 8.40. The van der Waals surface area contributed by atoms with Crippen molar-refractivity contribution in [2.24, 2.45) is 5.73 Å². The highest BCUT2D eigenvalue weighted by molar-refractivity contribution is 5.28. The fourth-order valence-electron chi connectivity index (χ4n) is 1.27. The van der Waals surface area contributed by atoms with Gasteiger partial charge in [0.25, 0.3) is 12.0 Å². The number of nitrogens with one attached hydrogen (secondary N) is 1. The average Bonchev–Trinajstić information content (AvgIpc) is 2.16. The zero-order valence-corrected chi connectivity index (χ0v) is 7.76. The second kappa shape index (κ2) is 4.66. The van der Waals surface area contributed by atoms with E-state index in [0.717, 1.165) is 0 Å². The molecule has 1 aromatic heterocycles. The maximum absolute atomic E-state index is 12.5. The molecule has 0 atom stereocenters. The molecule has 0 spiro atoms. The molecule has 0 aliphatic rings. The Kier molecular flexibility index (Phi) is 3.52. The van der Waals surface area contributed by atoms with E-state index in [9.17, 15) is 13.6 Å². The van der Waals surface area contributed by atoms with Gasteiger partial charge >= 0.3 is 0 Å². The van der Waals surface area contributed by atoms with Crippen molar-refractivity contribution in [1.82, 2.24) is 4.98 Å². The summed E-state index contributed by atoms with van der Waals surface area (Å²) in [6.45, 7) is -0.151. The lowest BCUT2D eigenvalue weighted by Crippen LogP contribution is -2.19. The summed E-state index contributed by atoms with van der Waals surface area (Å²) < 4.78 is 24.9. The molecule has 0 aliphatic carbocycles. The van der Waals surface area contributed by atoms with Gasteiger partial charge in [0.05, 0.1) is 18.1 Å². The number of halogens is 2. The fourth-order valence-corrected chi connectivity index (χ4v) is 1.27. The molecule has 6 heteroatoms. The minimum absolute atomic E-state index is 0.0360. The Labute approximate surface area is 84.3 Å². The van der Waals surface area contributed by atoms with E-state index in [-0.39, 0.29) is 18.5 Å². The van der Waals surface area contributed by atoms with Crippen molar-refractivity contribution >= 4 is 0 Å². The summed E-state index contributed by atoms with van der Waals surface area (Å²) in [6, 6.07) is 3.14. The van der Waals surface area contributed by atoms with E-state index >= 15 is 0 Å². The van der Waals surface area contributed by atoms with Crippen LogP contribution >= 0.6 is 0 Å². The highest BCUT2D eigenvalue weighted by Gasteiger charge is 2.17. The van der Waals surface area contributed by atoms with Crippen LogP contribution in [0, 0.1) is 11.3 Å². The zero-order valence-electron chi connectivity index (χ0n) is 7.76. The number of H-pyrrole nitrogens is 1. The van der Waals surface area contributed by atoms with Crippen LogP contribution in [0.2, 0.25) is 0 Å². The molecule has 0 aromatic carbocycles. The highest BCUT2D eigenvalue weighted by atomic mass is 19.3. The Morgan fingerprint density at radius 3 is 2.73 bits per heavy atom. The van der Waals surface area contributed by atoms with Crippen molar-refractivity contribution in [2.75, 3.05) is 0 Å². The molecule has 0 bridgehead atoms. The van der Waals surface area contributed by atoms with E-state index in [2.05, 4.69) is 4.98 Å². The van der Waals surface area contributed by atoms with Gasteiger partial charge in [-0.05, 0) is 11.6 Å². The van der Waals surface area contributed by atoms with Crippen molar-refractivity contribution in [3.63, 3.8) is 0 Å². The molecule has 0 fully saturated rings. The quantitative estimate of drug-likeness (QED) is 0.780. The molecule has 0 unspecified atom stereocenters. The number of hydrogen-bond donors (Lipinski definition) is 2. The Morgan fingerprint density at radius 1 is 1.60 bits per heavy atom. The summed E-state index contributed by atoms with van der Waals surface area (Å²) in [4.78, 5) is 13.5. The van der Waals surface area contributed by atoms with Crippen LogP contribution in [0.15, 0.2) is 10.9 Å². The van der Waals surface area contributed by atoms with Crippen molar-refractivity contribution in [3.05, 3.63) is 33.2 Å². The minimum atomic E-state index is -2.86. The Morgan fingerprint density at radius 2 is 2.27 bits per heavy atom. The van der Waals surface area contributed by atoms with Crippen molar-refractivity contribution in [2.45, 2.75) is 19.4 Å². The second-order valence-corrected chi connectivity index (χ2v) is 2.90. The third-order valence-electron chi connectivity index (χ3n) is 1.92. The average molecular weight is 213 g/mol. The largest absolute Gasteiger partial charge is 0.326 e. The Balaban J connectivity index is 3.32. The molecule has 0 saturated carbocycles. The standard InChI is InChI=1S/C9H9F2N3O/c10-8(11)7-5(4-13)3-6(1-2-12)14-9(7)15/h3,8H,1,4,13H2,(H,14,15). The Hall–Kier alpha value is -1.74. The lowest BCUT2D eigenvalue weighted by molar-refractivity contribution is 0.148. The van der Waals surface area contributed by atoms with Crippen LogP contribution < -0.4 is 11.3 Å². The topological polar surface area (TPSA) is 82.7 Å². The van der Waals surface area contributed by atoms with E-state index in [0.29, 0.717) is 5.69 Å². The number of alkyl halides is 2. The molecule has 80 valence electrons. The molecule has 0 amide bonds. The molecule has 0 radical (unpaired) electrons. The van der Waals surface area contributed by atoms with Crippen LogP contribution in [0.25, 0.3) is 0 Å². The van der Waals surface area contributed by atoms with Gasteiger partial charge in [0.15, 0.2) is 0 Å². The number of rotatable bonds is 3. The maximum atomic E-state index is 12.5. The smallest absolute Gasteiger partial charge is 0.269 e. The highest BCUT2D eigenvalue weighted by Crippen LogP contribution is 2.19. The lowest BCUT2D eigenvalue weighted by atomic mass is 10.1. The van der Waals surface area contributed by atoms with Crippen molar-refractivity contribution < 1.29 is 8.78 Å². The first kappa shape index (κ1) is 11.3. The number of aromatic nitrogens is 1. The third-order valence-corrected chi connectivity index (χ3v) is 1.92. The van der Waals surface area contributed by atoms with Gasteiger partial charge in [0.2, 0.25) is 0 Å². The van der Waals surface area contributed by atoms with Gasteiger partial charge in [0.1, 0.15) is 0 Å². The van der Waals surface area contributed by atoms with Gasteiger partial charge in [-0.25, -0.2) is 8.78 Å². The molecule has 0 aliphatic heterocycles. The second-order valence-electron chi connectivity index (χ2n) is 2.90. The first-order valence-corrected chi connectivity index (χ1v) is 4.20. The summed E-state index contributed by atoms with van der Waals surface area (Å²) >= 11 is 0. The maximum Gasteiger partial charge on any atom is 0.269 e. The number of nitrogens with two attached hydrogens (primary N) is 1. The van der Waals surface area contributed by atoms with E-state index in [4.69, 9.17) is 11.0 Å². The first-order valence-electron chi connectivity index (χ1n) is 4.20. The van der Waals surface area contributed by atoms with Crippen LogP contribution in [0.1, 0.15) is 23.2 Å². The molecule has 3 N–H and O–H groups in total. The van der Waals surface area contributed by atoms with Crippen LogP contribution in [0.5, 0.6) is 0 Å². The van der Waals surface area contributed by atoms with E-state index in [1.165, 1.54) is 6.07 Å². The molecule has 0 saturated heterocycles.